The Balaban J connectivity index is 3.27. The largest absolute Gasteiger partial charge is 0.331 e. The van der Waals surface area contributed by atoms with Crippen LogP contribution in [0.25, 0.3) is 0 Å². The van der Waals surface area contributed by atoms with E-state index in [1.54, 1.807) is 21.3 Å². The number of nitrogens with zero attached hydrogens (tertiary/aromatic N) is 1. The number of methoxy groups -OCH3 is 3. The quantitative estimate of drug-likeness (QED) is 0.0662. The molecule has 0 rings (SSSR count). The first-order chi connectivity index (χ1) is 18.1. The van der Waals surface area contributed by atoms with Crippen molar-refractivity contribution in [1.29, 1.82) is 0 Å². The third-order valence-electron chi connectivity index (χ3n) is 8.10. The summed E-state index contributed by atoms with van der Waals surface area (Å²) in [5.74, 6) is -0.847. The van der Waals surface area contributed by atoms with Gasteiger partial charge >= 0.3 is 0 Å². The SMILES string of the molecule is CCCCCCCCCCCCCCCCN(C)CCCCCCCCCCCCC(OC)(OC)OC. The second-order valence-electron chi connectivity index (χ2n) is 11.5. The zero-order valence-corrected chi connectivity index (χ0v) is 26.3. The summed E-state index contributed by atoms with van der Waals surface area (Å²) in [6.45, 7) is 4.87. The number of unbranched alkanes of at least 4 members (excludes halogenated alkanes) is 22. The van der Waals surface area contributed by atoms with Crippen LogP contribution >= 0.6 is 0 Å². The van der Waals surface area contributed by atoms with Crippen LogP contribution in [0.5, 0.6) is 0 Å². The Morgan fingerprint density at radius 3 is 0.973 bits per heavy atom. The zero-order chi connectivity index (χ0) is 27.3. The van der Waals surface area contributed by atoms with Gasteiger partial charge in [-0.15, -0.1) is 0 Å². The molecule has 4 nitrogen and oxygen atoms in total. The van der Waals surface area contributed by atoms with Crippen molar-refractivity contribution in [3.63, 3.8) is 0 Å². The summed E-state index contributed by atoms with van der Waals surface area (Å²) < 4.78 is 16.1. The van der Waals surface area contributed by atoms with Crippen molar-refractivity contribution in [2.24, 2.45) is 0 Å². The van der Waals surface area contributed by atoms with E-state index >= 15 is 0 Å². The molecule has 0 saturated carbocycles. The molecular formula is C33H69NO3. The molecule has 0 aromatic heterocycles. The molecule has 0 aromatic rings. The summed E-state index contributed by atoms with van der Waals surface area (Å²) in [5.41, 5.74) is 0. The van der Waals surface area contributed by atoms with E-state index in [4.69, 9.17) is 14.2 Å². The van der Waals surface area contributed by atoms with Crippen molar-refractivity contribution in [3.8, 4) is 0 Å². The standard InChI is InChI=1S/C33H69NO3/c1-6-7-8-9-10-11-12-13-14-16-19-22-25-28-31-34(2)32-29-26-23-20-17-15-18-21-24-27-30-33(35-3,36-4)37-5/h6-32H2,1-5H3. The molecule has 0 heterocycles. The van der Waals surface area contributed by atoms with E-state index in [-0.39, 0.29) is 0 Å². The van der Waals surface area contributed by atoms with Crippen molar-refractivity contribution in [2.75, 3.05) is 41.5 Å². The van der Waals surface area contributed by atoms with Gasteiger partial charge < -0.3 is 19.1 Å². The normalized spacial score (nSPS) is 12.2. The summed E-state index contributed by atoms with van der Waals surface area (Å²) in [6, 6.07) is 0. The van der Waals surface area contributed by atoms with Crippen LogP contribution in [0.4, 0.5) is 0 Å². The molecule has 0 aromatic carbocycles. The van der Waals surface area contributed by atoms with Gasteiger partial charge in [-0.3, -0.25) is 0 Å². The number of ether oxygens (including phenoxy) is 3. The first-order valence-corrected chi connectivity index (χ1v) is 16.5. The Hall–Kier alpha value is -0.160. The molecule has 0 aliphatic rings. The second kappa shape index (κ2) is 28.8. The fourth-order valence-corrected chi connectivity index (χ4v) is 5.38. The number of hydrogen-bond acceptors (Lipinski definition) is 4. The molecule has 0 aliphatic carbocycles. The Kier molecular flexibility index (Phi) is 28.7. The molecule has 0 aliphatic heterocycles. The zero-order valence-electron chi connectivity index (χ0n) is 26.3. The van der Waals surface area contributed by atoms with Gasteiger partial charge in [-0.05, 0) is 39.4 Å². The monoisotopic (exact) mass is 528 g/mol. The van der Waals surface area contributed by atoms with E-state index < -0.39 is 5.97 Å². The van der Waals surface area contributed by atoms with Crippen molar-refractivity contribution < 1.29 is 14.2 Å². The highest BCUT2D eigenvalue weighted by Gasteiger charge is 2.28. The summed E-state index contributed by atoms with van der Waals surface area (Å²) in [5, 5.41) is 0. The van der Waals surface area contributed by atoms with Gasteiger partial charge in [-0.25, -0.2) is 0 Å². The number of hydrogen-bond donors (Lipinski definition) is 0. The lowest BCUT2D eigenvalue weighted by atomic mass is 10.0. The number of rotatable bonds is 31. The minimum absolute atomic E-state index is 0.796. The van der Waals surface area contributed by atoms with Crippen LogP contribution in [-0.4, -0.2) is 52.3 Å². The lowest BCUT2D eigenvalue weighted by molar-refractivity contribution is -0.355. The van der Waals surface area contributed by atoms with Crippen LogP contribution < -0.4 is 0 Å². The molecule has 37 heavy (non-hydrogen) atoms. The highest BCUT2D eigenvalue weighted by Crippen LogP contribution is 2.21. The first kappa shape index (κ1) is 36.8. The average Bonchev–Trinajstić information content (AvgIpc) is 2.92. The molecule has 0 N–H and O–H groups in total. The minimum atomic E-state index is -0.847. The maximum atomic E-state index is 5.35. The predicted molar refractivity (Wildman–Crippen MR) is 162 cm³/mol. The van der Waals surface area contributed by atoms with Gasteiger partial charge in [0.1, 0.15) is 0 Å². The Morgan fingerprint density at radius 1 is 0.405 bits per heavy atom. The second-order valence-corrected chi connectivity index (χ2v) is 11.5. The third-order valence-corrected chi connectivity index (χ3v) is 8.10. The van der Waals surface area contributed by atoms with E-state index in [0.717, 1.165) is 12.8 Å². The van der Waals surface area contributed by atoms with E-state index in [2.05, 4.69) is 18.9 Å². The van der Waals surface area contributed by atoms with Gasteiger partial charge in [0.15, 0.2) is 0 Å². The topological polar surface area (TPSA) is 30.9 Å². The van der Waals surface area contributed by atoms with Crippen molar-refractivity contribution >= 4 is 0 Å². The Bertz CT molecular complexity index is 420. The molecule has 0 atom stereocenters. The summed E-state index contributed by atoms with van der Waals surface area (Å²) in [6.07, 6.45) is 34.3. The van der Waals surface area contributed by atoms with E-state index in [0.29, 0.717) is 0 Å². The van der Waals surface area contributed by atoms with Crippen LogP contribution in [0, 0.1) is 0 Å². The third kappa shape index (κ3) is 24.6. The van der Waals surface area contributed by atoms with Crippen LogP contribution in [0.3, 0.4) is 0 Å². The molecule has 0 radical (unpaired) electrons. The van der Waals surface area contributed by atoms with Crippen molar-refractivity contribution in [2.45, 2.75) is 173 Å². The minimum Gasteiger partial charge on any atom is -0.331 e. The van der Waals surface area contributed by atoms with Gasteiger partial charge in [-0.1, -0.05) is 142 Å². The first-order valence-electron chi connectivity index (χ1n) is 16.5. The van der Waals surface area contributed by atoms with E-state index in [1.165, 1.54) is 161 Å². The molecule has 224 valence electrons. The van der Waals surface area contributed by atoms with Crippen LogP contribution in [-0.2, 0) is 14.2 Å². The highest BCUT2D eigenvalue weighted by molar-refractivity contribution is 4.58. The maximum Gasteiger partial charge on any atom is 0.282 e. The van der Waals surface area contributed by atoms with Crippen molar-refractivity contribution in [1.82, 2.24) is 4.90 Å². The summed E-state index contributed by atoms with van der Waals surface area (Å²) >= 11 is 0. The molecule has 0 spiro atoms. The Morgan fingerprint density at radius 2 is 0.676 bits per heavy atom. The highest BCUT2D eigenvalue weighted by atomic mass is 16.9. The molecule has 0 amide bonds. The smallest absolute Gasteiger partial charge is 0.282 e. The van der Waals surface area contributed by atoms with Gasteiger partial charge in [0.05, 0.1) is 0 Å². The van der Waals surface area contributed by atoms with E-state index in [1.807, 2.05) is 0 Å². The average molecular weight is 528 g/mol. The lowest BCUT2D eigenvalue weighted by Crippen LogP contribution is -2.35. The van der Waals surface area contributed by atoms with Gasteiger partial charge in [-0.2, -0.15) is 0 Å². The summed E-state index contributed by atoms with van der Waals surface area (Å²) in [7, 11) is 7.25. The molecule has 0 saturated heterocycles. The molecule has 4 heteroatoms. The molecule has 0 fully saturated rings. The molecule has 0 unspecified atom stereocenters. The molecule has 0 bridgehead atoms. The maximum absolute atomic E-state index is 5.35. The fraction of sp³-hybridized carbons (Fsp3) is 1.00. The van der Waals surface area contributed by atoms with Crippen LogP contribution in [0.15, 0.2) is 0 Å². The molecular weight excluding hydrogens is 458 g/mol. The van der Waals surface area contributed by atoms with E-state index in [9.17, 15) is 0 Å². The van der Waals surface area contributed by atoms with Gasteiger partial charge in [0.2, 0.25) is 0 Å². The lowest BCUT2D eigenvalue weighted by Gasteiger charge is -2.28. The fourth-order valence-electron chi connectivity index (χ4n) is 5.38. The van der Waals surface area contributed by atoms with Crippen molar-refractivity contribution in [3.05, 3.63) is 0 Å². The van der Waals surface area contributed by atoms with Gasteiger partial charge in [0, 0.05) is 27.8 Å². The predicted octanol–water partition coefficient (Wildman–Crippen LogP) is 10.3. The van der Waals surface area contributed by atoms with Crippen LogP contribution in [0.2, 0.25) is 0 Å². The van der Waals surface area contributed by atoms with Gasteiger partial charge in [0.25, 0.3) is 5.97 Å². The van der Waals surface area contributed by atoms with Crippen LogP contribution in [0.1, 0.15) is 167 Å². The summed E-state index contributed by atoms with van der Waals surface area (Å²) in [4.78, 5) is 2.56. The Labute approximate surface area is 234 Å².